The number of anilines is 1. The van der Waals surface area contributed by atoms with Crippen molar-refractivity contribution in [2.24, 2.45) is 0 Å². The molecule has 3 heterocycles. The third-order valence-corrected chi connectivity index (χ3v) is 7.33. The van der Waals surface area contributed by atoms with Crippen molar-refractivity contribution >= 4 is 61.9 Å². The van der Waals surface area contributed by atoms with E-state index in [0.717, 1.165) is 25.8 Å². The summed E-state index contributed by atoms with van der Waals surface area (Å²) in [5, 5.41) is 2.76. The third kappa shape index (κ3) is 4.54. The Labute approximate surface area is 199 Å². The predicted molar refractivity (Wildman–Crippen MR) is 131 cm³/mol. The van der Waals surface area contributed by atoms with Crippen LogP contribution < -0.4 is 5.73 Å². The molecule has 1 fully saturated rings. The maximum atomic E-state index is 13.3. The Morgan fingerprint density at radius 2 is 2.16 bits per heavy atom. The van der Waals surface area contributed by atoms with Crippen LogP contribution in [0.2, 0.25) is 0 Å². The minimum Gasteiger partial charge on any atom is -0.383 e. The number of nitrogen functional groups attached to an aromatic ring is 1. The van der Waals surface area contributed by atoms with Gasteiger partial charge in [-0.1, -0.05) is 13.0 Å². The number of thiophene rings is 1. The van der Waals surface area contributed by atoms with Gasteiger partial charge in [-0.3, -0.25) is 9.59 Å². The van der Waals surface area contributed by atoms with Crippen molar-refractivity contribution in [3.05, 3.63) is 57.0 Å². The van der Waals surface area contributed by atoms with Crippen molar-refractivity contribution in [1.82, 2.24) is 19.8 Å². The van der Waals surface area contributed by atoms with Crippen LogP contribution in [0.5, 0.6) is 0 Å². The first-order valence-electron chi connectivity index (χ1n) is 10.4. The first-order valence-corrected chi connectivity index (χ1v) is 12.1. The second-order valence-corrected chi connectivity index (χ2v) is 9.70. The van der Waals surface area contributed by atoms with Gasteiger partial charge in [0.05, 0.1) is 5.52 Å². The number of benzene rings is 1. The highest BCUT2D eigenvalue weighted by Crippen LogP contribution is 2.25. The second kappa shape index (κ2) is 9.38. The average Bonchev–Trinajstić information content (AvgIpc) is 3.20. The molecule has 1 saturated heterocycles. The van der Waals surface area contributed by atoms with Crippen LogP contribution in [0.4, 0.5) is 5.82 Å². The quantitative estimate of drug-likeness (QED) is 0.518. The van der Waals surface area contributed by atoms with Gasteiger partial charge in [0.2, 0.25) is 11.8 Å². The average molecular weight is 514 g/mol. The molecule has 0 bridgehead atoms. The molecule has 166 valence electrons. The minimum atomic E-state index is -0.475. The normalized spacial score (nSPS) is 19.3. The first-order chi connectivity index (χ1) is 15.4. The van der Waals surface area contributed by atoms with E-state index in [4.69, 9.17) is 5.73 Å². The van der Waals surface area contributed by atoms with Gasteiger partial charge in [0.25, 0.3) is 0 Å². The molecule has 2 N–H and O–H groups in total. The Hall–Kier alpha value is -2.78. The van der Waals surface area contributed by atoms with Crippen LogP contribution >= 0.6 is 27.3 Å². The van der Waals surface area contributed by atoms with Gasteiger partial charge in [-0.15, -0.1) is 11.3 Å². The number of hydrogen-bond acceptors (Lipinski definition) is 6. The molecule has 7 nitrogen and oxygen atoms in total. The van der Waals surface area contributed by atoms with Crippen LogP contribution in [-0.4, -0.2) is 50.2 Å². The molecule has 1 aliphatic rings. The van der Waals surface area contributed by atoms with E-state index >= 15 is 0 Å². The topological polar surface area (TPSA) is 92.4 Å². The van der Waals surface area contributed by atoms with Crippen LogP contribution in [0.15, 0.2) is 46.5 Å². The van der Waals surface area contributed by atoms with E-state index in [2.05, 4.69) is 25.9 Å². The number of nitrogens with zero attached hydrogens (tertiary/aromatic N) is 4. The van der Waals surface area contributed by atoms with E-state index < -0.39 is 6.04 Å². The summed E-state index contributed by atoms with van der Waals surface area (Å²) < 4.78 is 0.987. The third-order valence-electron chi connectivity index (χ3n) is 5.67. The van der Waals surface area contributed by atoms with Crippen LogP contribution in [-0.2, 0) is 16.1 Å². The summed E-state index contributed by atoms with van der Waals surface area (Å²) in [6.45, 7) is 4.86. The largest absolute Gasteiger partial charge is 0.383 e. The number of hydrogen-bond donors (Lipinski definition) is 1. The molecule has 2 unspecified atom stereocenters. The molecule has 0 radical (unpaired) electrons. The van der Waals surface area contributed by atoms with E-state index in [1.807, 2.05) is 48.4 Å². The van der Waals surface area contributed by atoms with E-state index in [-0.39, 0.29) is 17.9 Å². The van der Waals surface area contributed by atoms with Crippen LogP contribution in [0, 0.1) is 0 Å². The van der Waals surface area contributed by atoms with Crippen molar-refractivity contribution in [3.8, 4) is 0 Å². The van der Waals surface area contributed by atoms with Gasteiger partial charge in [-0.05, 0) is 59.1 Å². The van der Waals surface area contributed by atoms with Crippen LogP contribution in [0.3, 0.4) is 0 Å². The molecule has 1 aliphatic heterocycles. The highest BCUT2D eigenvalue weighted by molar-refractivity contribution is 9.10. The summed E-state index contributed by atoms with van der Waals surface area (Å²) in [7, 11) is 0. The van der Waals surface area contributed by atoms with Crippen molar-refractivity contribution < 1.29 is 9.59 Å². The summed E-state index contributed by atoms with van der Waals surface area (Å²) in [6.07, 6.45) is 5.36. The summed E-state index contributed by atoms with van der Waals surface area (Å²) in [5.74, 6) is 0.264. The Kier molecular flexibility index (Phi) is 6.57. The number of halogens is 1. The number of carbonyl (C=O) groups excluding carboxylic acids is 2. The van der Waals surface area contributed by atoms with Gasteiger partial charge in [-0.2, -0.15) is 0 Å². The van der Waals surface area contributed by atoms with Gasteiger partial charge < -0.3 is 15.5 Å². The second-order valence-electron chi connectivity index (χ2n) is 7.84. The lowest BCUT2D eigenvalue weighted by molar-refractivity contribution is -0.153. The van der Waals surface area contributed by atoms with Gasteiger partial charge in [-0.25, -0.2) is 9.97 Å². The molecule has 3 aromatic rings. The zero-order chi connectivity index (χ0) is 22.8. The van der Waals surface area contributed by atoms with Crippen molar-refractivity contribution in [2.75, 3.05) is 12.3 Å². The fourth-order valence-corrected chi connectivity index (χ4v) is 5.34. The smallest absolute Gasteiger partial charge is 0.247 e. The standard InChI is InChI=1S/C23H24BrN5O2S/c1-3-20-23(31)28(11-15-4-6-18-19(8-15)26-13-27-22(18)25)14(2)10-29(20)21(30)7-5-17-9-16(24)12-32-17/h4-9,12-14,20H,3,10-11H2,1-2H3,(H2,25,26,27)/b7-5+. The van der Waals surface area contributed by atoms with Gasteiger partial charge in [0.1, 0.15) is 18.2 Å². The number of carbonyl (C=O) groups is 2. The maximum Gasteiger partial charge on any atom is 0.247 e. The van der Waals surface area contributed by atoms with Gasteiger partial charge in [0, 0.05) is 45.3 Å². The van der Waals surface area contributed by atoms with Gasteiger partial charge in [0.15, 0.2) is 0 Å². The molecule has 2 aromatic heterocycles. The molecule has 32 heavy (non-hydrogen) atoms. The Morgan fingerprint density at radius 3 is 2.88 bits per heavy atom. The molecular weight excluding hydrogens is 490 g/mol. The first kappa shape index (κ1) is 22.4. The zero-order valence-corrected chi connectivity index (χ0v) is 20.3. The molecule has 0 spiro atoms. The van der Waals surface area contributed by atoms with Crippen molar-refractivity contribution in [1.29, 1.82) is 0 Å². The number of aromatic nitrogens is 2. The van der Waals surface area contributed by atoms with Gasteiger partial charge >= 0.3 is 0 Å². The predicted octanol–water partition coefficient (Wildman–Crippen LogP) is 4.09. The highest BCUT2D eigenvalue weighted by Gasteiger charge is 2.39. The van der Waals surface area contributed by atoms with E-state index in [1.54, 1.807) is 28.4 Å². The van der Waals surface area contributed by atoms with E-state index in [0.29, 0.717) is 25.3 Å². The van der Waals surface area contributed by atoms with Crippen molar-refractivity contribution in [2.45, 2.75) is 38.9 Å². The SMILES string of the molecule is CCC1C(=O)N(Cc2ccc3c(N)ncnc3c2)C(C)CN1C(=O)/C=C/c1cc(Br)cs1. The molecule has 0 aliphatic carbocycles. The summed E-state index contributed by atoms with van der Waals surface area (Å²) in [5.41, 5.74) is 7.63. The summed E-state index contributed by atoms with van der Waals surface area (Å²) >= 11 is 4.97. The lowest BCUT2D eigenvalue weighted by Crippen LogP contribution is -2.61. The number of fused-ring (bicyclic) bond motifs is 1. The van der Waals surface area contributed by atoms with Crippen LogP contribution in [0.1, 0.15) is 30.7 Å². The Morgan fingerprint density at radius 1 is 1.34 bits per heavy atom. The number of amides is 2. The lowest BCUT2D eigenvalue weighted by Gasteiger charge is -2.44. The Balaban J connectivity index is 1.51. The van der Waals surface area contributed by atoms with E-state index in [9.17, 15) is 9.59 Å². The summed E-state index contributed by atoms with van der Waals surface area (Å²) in [6, 6.07) is 7.15. The molecule has 2 amide bonds. The zero-order valence-electron chi connectivity index (χ0n) is 17.9. The van der Waals surface area contributed by atoms with E-state index in [1.165, 1.54) is 6.33 Å². The lowest BCUT2D eigenvalue weighted by atomic mass is 10.0. The van der Waals surface area contributed by atoms with Crippen LogP contribution in [0.25, 0.3) is 17.0 Å². The monoisotopic (exact) mass is 513 g/mol. The molecule has 9 heteroatoms. The molecular formula is C23H24BrN5O2S. The maximum absolute atomic E-state index is 13.3. The molecule has 1 aromatic carbocycles. The number of rotatable bonds is 5. The fraction of sp³-hybridized carbons (Fsp3) is 0.304. The Bertz CT molecular complexity index is 1190. The minimum absolute atomic E-state index is 0.0332. The molecule has 4 rings (SSSR count). The summed E-state index contributed by atoms with van der Waals surface area (Å²) in [4.78, 5) is 39.1. The molecule has 2 atom stereocenters. The fourth-order valence-electron chi connectivity index (χ4n) is 4.01. The van der Waals surface area contributed by atoms with Crippen molar-refractivity contribution in [3.63, 3.8) is 0 Å². The highest BCUT2D eigenvalue weighted by atomic mass is 79.9. The molecule has 0 saturated carbocycles. The number of nitrogens with two attached hydrogens (primary N) is 1. The number of piperazine rings is 1.